The van der Waals surface area contributed by atoms with E-state index in [0.717, 1.165) is 0 Å². The van der Waals surface area contributed by atoms with Crippen molar-refractivity contribution in [2.45, 2.75) is 13.0 Å². The van der Waals surface area contributed by atoms with Crippen molar-refractivity contribution in [3.05, 3.63) is 63.9 Å². The molecular formula is C13H12ClF2N3. The van der Waals surface area contributed by atoms with Crippen molar-refractivity contribution in [1.82, 2.24) is 10.4 Å². The van der Waals surface area contributed by atoms with Gasteiger partial charge in [0.25, 0.3) is 0 Å². The van der Waals surface area contributed by atoms with Gasteiger partial charge in [0.2, 0.25) is 0 Å². The van der Waals surface area contributed by atoms with Gasteiger partial charge in [0.1, 0.15) is 5.15 Å². The predicted molar refractivity (Wildman–Crippen MR) is 69.5 cm³/mol. The third kappa shape index (κ3) is 2.73. The molecule has 0 aliphatic rings. The molecule has 0 radical (unpaired) electrons. The van der Waals surface area contributed by atoms with Gasteiger partial charge < -0.3 is 0 Å². The molecule has 6 heteroatoms. The topological polar surface area (TPSA) is 50.9 Å². The van der Waals surface area contributed by atoms with Gasteiger partial charge in [-0.25, -0.2) is 19.2 Å². The van der Waals surface area contributed by atoms with Crippen LogP contribution in [-0.4, -0.2) is 4.98 Å². The monoisotopic (exact) mass is 283 g/mol. The maximum atomic E-state index is 13.9. The van der Waals surface area contributed by atoms with Crippen LogP contribution in [0.25, 0.3) is 0 Å². The highest BCUT2D eigenvalue weighted by molar-refractivity contribution is 6.29. The second-order valence-electron chi connectivity index (χ2n) is 4.11. The predicted octanol–water partition coefficient (Wildman–Crippen LogP) is 2.87. The molecule has 1 atom stereocenters. The lowest BCUT2D eigenvalue weighted by Gasteiger charge is -2.18. The highest BCUT2D eigenvalue weighted by Gasteiger charge is 2.20. The Balaban J connectivity index is 2.48. The molecule has 0 spiro atoms. The standard InChI is InChI=1S/C13H12ClF2N3/c1-7-2-4-9(12(16)11(7)15)13(19-17)8-3-5-10(14)18-6-8/h2-6,13,19H,17H2,1H3. The summed E-state index contributed by atoms with van der Waals surface area (Å²) in [6, 6.07) is 5.51. The van der Waals surface area contributed by atoms with Gasteiger partial charge >= 0.3 is 0 Å². The molecule has 1 unspecified atom stereocenters. The number of aromatic nitrogens is 1. The first-order valence-corrected chi connectivity index (χ1v) is 5.94. The van der Waals surface area contributed by atoms with Gasteiger partial charge in [-0.15, -0.1) is 0 Å². The van der Waals surface area contributed by atoms with Gasteiger partial charge in [-0.1, -0.05) is 29.8 Å². The second kappa shape index (κ2) is 5.61. The van der Waals surface area contributed by atoms with Crippen molar-refractivity contribution < 1.29 is 8.78 Å². The average Bonchev–Trinajstić information content (AvgIpc) is 2.41. The van der Waals surface area contributed by atoms with E-state index in [-0.39, 0.29) is 11.1 Å². The Morgan fingerprint density at radius 2 is 1.95 bits per heavy atom. The molecule has 3 N–H and O–H groups in total. The van der Waals surface area contributed by atoms with Gasteiger partial charge in [-0.2, -0.15) is 0 Å². The van der Waals surface area contributed by atoms with Crippen LogP contribution >= 0.6 is 11.6 Å². The maximum Gasteiger partial charge on any atom is 0.164 e. The fourth-order valence-corrected chi connectivity index (χ4v) is 1.92. The Bertz CT molecular complexity index is 587. The van der Waals surface area contributed by atoms with E-state index in [1.54, 1.807) is 12.1 Å². The van der Waals surface area contributed by atoms with Crippen LogP contribution in [0.5, 0.6) is 0 Å². The molecule has 1 aromatic heterocycles. The summed E-state index contributed by atoms with van der Waals surface area (Å²) in [5.74, 6) is 3.64. The van der Waals surface area contributed by atoms with Crippen LogP contribution in [0, 0.1) is 18.6 Å². The minimum Gasteiger partial charge on any atom is -0.271 e. The summed E-state index contributed by atoms with van der Waals surface area (Å²) in [4.78, 5) is 3.90. The van der Waals surface area contributed by atoms with Gasteiger partial charge in [-0.3, -0.25) is 5.84 Å². The number of pyridine rings is 1. The van der Waals surface area contributed by atoms with E-state index in [2.05, 4.69) is 10.4 Å². The first-order valence-electron chi connectivity index (χ1n) is 5.56. The number of benzene rings is 1. The number of nitrogens with one attached hydrogen (secondary N) is 1. The molecule has 1 aromatic carbocycles. The SMILES string of the molecule is Cc1ccc(C(NN)c2ccc(Cl)nc2)c(F)c1F. The molecule has 0 fully saturated rings. The normalized spacial score (nSPS) is 12.5. The third-order valence-corrected chi connectivity index (χ3v) is 3.09. The van der Waals surface area contributed by atoms with Crippen molar-refractivity contribution in [3.8, 4) is 0 Å². The largest absolute Gasteiger partial charge is 0.271 e. The first-order chi connectivity index (χ1) is 9.04. The zero-order chi connectivity index (χ0) is 14.0. The molecule has 100 valence electrons. The van der Waals surface area contributed by atoms with Crippen LogP contribution < -0.4 is 11.3 Å². The van der Waals surface area contributed by atoms with Crippen molar-refractivity contribution in [1.29, 1.82) is 0 Å². The van der Waals surface area contributed by atoms with Crippen LogP contribution in [-0.2, 0) is 0 Å². The number of hydrogen-bond acceptors (Lipinski definition) is 3. The van der Waals surface area contributed by atoms with E-state index in [0.29, 0.717) is 10.7 Å². The van der Waals surface area contributed by atoms with Gasteiger partial charge in [-0.05, 0) is 24.1 Å². The summed E-state index contributed by atoms with van der Waals surface area (Å²) in [5.41, 5.74) is 3.41. The Kier molecular flexibility index (Phi) is 4.09. The molecule has 0 bridgehead atoms. The van der Waals surface area contributed by atoms with Crippen LogP contribution in [0.2, 0.25) is 5.15 Å². The minimum atomic E-state index is -0.919. The highest BCUT2D eigenvalue weighted by Crippen LogP contribution is 2.26. The number of nitrogens with two attached hydrogens (primary N) is 1. The second-order valence-corrected chi connectivity index (χ2v) is 4.50. The number of hydrogen-bond donors (Lipinski definition) is 2. The highest BCUT2D eigenvalue weighted by atomic mass is 35.5. The molecule has 0 amide bonds. The zero-order valence-electron chi connectivity index (χ0n) is 10.1. The molecule has 0 aliphatic carbocycles. The summed E-state index contributed by atoms with van der Waals surface area (Å²) in [5, 5.41) is 0.315. The summed E-state index contributed by atoms with van der Waals surface area (Å²) >= 11 is 5.69. The molecule has 1 heterocycles. The fourth-order valence-electron chi connectivity index (χ4n) is 1.81. The Hall–Kier alpha value is -1.56. The van der Waals surface area contributed by atoms with E-state index in [4.69, 9.17) is 17.4 Å². The van der Waals surface area contributed by atoms with Crippen molar-refractivity contribution in [2.75, 3.05) is 0 Å². The van der Waals surface area contributed by atoms with E-state index >= 15 is 0 Å². The van der Waals surface area contributed by atoms with Crippen LogP contribution in [0.4, 0.5) is 8.78 Å². The van der Waals surface area contributed by atoms with Gasteiger partial charge in [0.15, 0.2) is 11.6 Å². The summed E-state index contributed by atoms with van der Waals surface area (Å²) in [6.45, 7) is 1.50. The van der Waals surface area contributed by atoms with Crippen molar-refractivity contribution in [3.63, 3.8) is 0 Å². The summed E-state index contributed by atoms with van der Waals surface area (Å²) in [7, 11) is 0. The third-order valence-electron chi connectivity index (χ3n) is 2.87. The number of aryl methyl sites for hydroxylation is 1. The van der Waals surface area contributed by atoms with E-state index in [1.807, 2.05) is 0 Å². The first kappa shape index (κ1) is 13.9. The van der Waals surface area contributed by atoms with E-state index in [1.165, 1.54) is 25.3 Å². The number of halogens is 3. The number of hydrazine groups is 1. The summed E-state index contributed by atoms with van der Waals surface area (Å²) < 4.78 is 27.5. The van der Waals surface area contributed by atoms with E-state index in [9.17, 15) is 8.78 Å². The van der Waals surface area contributed by atoms with Crippen molar-refractivity contribution >= 4 is 11.6 Å². The van der Waals surface area contributed by atoms with Crippen LogP contribution in [0.15, 0.2) is 30.5 Å². The van der Waals surface area contributed by atoms with Crippen LogP contribution in [0.3, 0.4) is 0 Å². The van der Waals surface area contributed by atoms with Gasteiger partial charge in [0.05, 0.1) is 6.04 Å². The zero-order valence-corrected chi connectivity index (χ0v) is 10.9. The molecule has 0 aliphatic heterocycles. The molecule has 19 heavy (non-hydrogen) atoms. The fraction of sp³-hybridized carbons (Fsp3) is 0.154. The maximum absolute atomic E-state index is 13.9. The quantitative estimate of drug-likeness (QED) is 0.517. The minimum absolute atomic E-state index is 0.120. The Labute approximate surface area is 114 Å². The Morgan fingerprint density at radius 3 is 2.53 bits per heavy atom. The lowest BCUT2D eigenvalue weighted by molar-refractivity contribution is 0.478. The molecule has 3 nitrogen and oxygen atoms in total. The molecule has 0 saturated carbocycles. The number of nitrogens with zero attached hydrogens (tertiary/aromatic N) is 1. The van der Waals surface area contributed by atoms with Crippen LogP contribution in [0.1, 0.15) is 22.7 Å². The lowest BCUT2D eigenvalue weighted by Crippen LogP contribution is -2.30. The average molecular weight is 284 g/mol. The molecular weight excluding hydrogens is 272 g/mol. The van der Waals surface area contributed by atoms with Gasteiger partial charge in [0, 0.05) is 11.8 Å². The Morgan fingerprint density at radius 1 is 1.21 bits per heavy atom. The van der Waals surface area contributed by atoms with Crippen molar-refractivity contribution in [2.24, 2.45) is 5.84 Å². The smallest absolute Gasteiger partial charge is 0.164 e. The number of rotatable bonds is 3. The summed E-state index contributed by atoms with van der Waals surface area (Å²) in [6.07, 6.45) is 1.46. The molecule has 2 aromatic rings. The lowest BCUT2D eigenvalue weighted by atomic mass is 9.99. The van der Waals surface area contributed by atoms with E-state index < -0.39 is 17.7 Å². The molecule has 0 saturated heterocycles. The molecule has 2 rings (SSSR count).